The molecule has 1 N–H and O–H groups in total. The van der Waals surface area contributed by atoms with E-state index in [0.717, 1.165) is 11.6 Å². The van der Waals surface area contributed by atoms with Gasteiger partial charge in [-0.05, 0) is 41.4 Å². The fraction of sp³-hybridized carbons (Fsp3) is 0.231. The van der Waals surface area contributed by atoms with Crippen LogP contribution >= 0.6 is 11.3 Å². The Morgan fingerprint density at radius 2 is 1.86 bits per heavy atom. The third-order valence-electron chi connectivity index (χ3n) is 2.90. The van der Waals surface area contributed by atoms with Gasteiger partial charge in [0, 0.05) is 6.04 Å². The van der Waals surface area contributed by atoms with Crippen LogP contribution in [0.25, 0.3) is 0 Å². The van der Waals surface area contributed by atoms with E-state index in [1.807, 2.05) is 16.8 Å². The molecule has 2 aromatic rings. The number of anilines is 1. The van der Waals surface area contributed by atoms with Crippen molar-refractivity contribution >= 4 is 26.9 Å². The van der Waals surface area contributed by atoms with Crippen LogP contribution in [-0.4, -0.2) is 13.9 Å². The maximum absolute atomic E-state index is 12.7. The smallest absolute Gasteiger partial charge is 0.377 e. The number of halogens is 3. The second-order valence-electron chi connectivity index (χ2n) is 4.37. The largest absolute Gasteiger partial charge is 0.501 e. The Hall–Kier alpha value is -1.54. The highest BCUT2D eigenvalue weighted by molar-refractivity contribution is 7.92. The highest BCUT2D eigenvalue weighted by Crippen LogP contribution is 2.35. The molecule has 1 aromatic heterocycles. The average molecular weight is 335 g/mol. The number of thiophene rings is 1. The maximum atomic E-state index is 12.7. The molecule has 0 saturated carbocycles. The van der Waals surface area contributed by atoms with Crippen molar-refractivity contribution in [1.82, 2.24) is 0 Å². The van der Waals surface area contributed by atoms with Crippen molar-refractivity contribution in [3.63, 3.8) is 0 Å². The first-order valence-corrected chi connectivity index (χ1v) is 8.35. The van der Waals surface area contributed by atoms with E-state index >= 15 is 0 Å². The summed E-state index contributed by atoms with van der Waals surface area (Å²) in [4.78, 5) is -0.764. The van der Waals surface area contributed by atoms with Gasteiger partial charge in [0.25, 0.3) is 9.84 Å². The van der Waals surface area contributed by atoms with E-state index in [-0.39, 0.29) is 11.7 Å². The van der Waals surface area contributed by atoms with E-state index in [1.54, 1.807) is 6.92 Å². The molecule has 1 heterocycles. The number of hydrogen-bond donors (Lipinski definition) is 1. The lowest BCUT2D eigenvalue weighted by Gasteiger charge is -2.18. The highest BCUT2D eigenvalue weighted by Gasteiger charge is 2.47. The molecule has 1 aromatic carbocycles. The second kappa shape index (κ2) is 5.69. The van der Waals surface area contributed by atoms with E-state index in [9.17, 15) is 21.6 Å². The van der Waals surface area contributed by atoms with Gasteiger partial charge in [-0.3, -0.25) is 0 Å². The molecule has 2 rings (SSSR count). The summed E-state index contributed by atoms with van der Waals surface area (Å²) in [5, 5.41) is 6.50. The lowest BCUT2D eigenvalue weighted by atomic mass is 10.1. The fourth-order valence-corrected chi connectivity index (χ4v) is 3.46. The zero-order valence-electron chi connectivity index (χ0n) is 10.9. The Morgan fingerprint density at radius 1 is 1.19 bits per heavy atom. The molecule has 0 aliphatic carbocycles. The van der Waals surface area contributed by atoms with Crippen molar-refractivity contribution in [2.75, 3.05) is 5.32 Å². The summed E-state index contributed by atoms with van der Waals surface area (Å²) in [6, 6.07) is 6.54. The highest BCUT2D eigenvalue weighted by atomic mass is 32.2. The van der Waals surface area contributed by atoms with Gasteiger partial charge in [-0.15, -0.1) is 0 Å². The normalized spacial score (nSPS) is 13.9. The molecule has 3 nitrogen and oxygen atoms in total. The summed E-state index contributed by atoms with van der Waals surface area (Å²) >= 11 is 1.45. The molecule has 114 valence electrons. The summed E-state index contributed by atoms with van der Waals surface area (Å²) in [6.45, 7) is 1.75. The van der Waals surface area contributed by atoms with Gasteiger partial charge in [-0.25, -0.2) is 8.42 Å². The summed E-state index contributed by atoms with van der Waals surface area (Å²) in [6.07, 6.45) is 0. The molecule has 21 heavy (non-hydrogen) atoms. The van der Waals surface area contributed by atoms with Crippen LogP contribution in [-0.2, 0) is 9.84 Å². The molecule has 0 aliphatic heterocycles. The van der Waals surface area contributed by atoms with Gasteiger partial charge in [-0.1, -0.05) is 12.1 Å². The van der Waals surface area contributed by atoms with E-state index < -0.39 is 20.2 Å². The molecule has 1 unspecified atom stereocenters. The van der Waals surface area contributed by atoms with E-state index in [2.05, 4.69) is 5.32 Å². The first-order chi connectivity index (χ1) is 9.73. The zero-order chi connectivity index (χ0) is 15.7. The minimum absolute atomic E-state index is 0.0616. The molecule has 0 aliphatic rings. The average Bonchev–Trinajstić information content (AvgIpc) is 2.91. The van der Waals surface area contributed by atoms with Crippen LogP contribution in [0.5, 0.6) is 0 Å². The molecule has 0 amide bonds. The lowest BCUT2D eigenvalue weighted by Crippen LogP contribution is -2.24. The SMILES string of the molecule is CC(Nc1ccccc1S(=O)(=O)C(F)(F)F)c1ccsc1. The number of hydrogen-bond acceptors (Lipinski definition) is 4. The van der Waals surface area contributed by atoms with Crippen LogP contribution in [0.3, 0.4) is 0 Å². The van der Waals surface area contributed by atoms with Crippen LogP contribution in [0.1, 0.15) is 18.5 Å². The third-order valence-corrected chi connectivity index (χ3v) is 5.14. The molecule has 0 saturated heterocycles. The van der Waals surface area contributed by atoms with Gasteiger partial charge < -0.3 is 5.32 Å². The predicted molar refractivity (Wildman–Crippen MR) is 76.0 cm³/mol. The van der Waals surface area contributed by atoms with E-state index in [4.69, 9.17) is 0 Å². The lowest BCUT2D eigenvalue weighted by molar-refractivity contribution is -0.0435. The minimum Gasteiger partial charge on any atom is -0.377 e. The molecule has 0 fully saturated rings. The summed E-state index contributed by atoms with van der Waals surface area (Å²) in [5.41, 5.74) is -4.51. The standard InChI is InChI=1S/C13H12F3NO2S2/c1-9(10-6-7-20-8-10)17-11-4-2-3-5-12(11)21(18,19)13(14,15)16/h2-9,17H,1H3. The van der Waals surface area contributed by atoms with Crippen LogP contribution in [0.4, 0.5) is 18.9 Å². The number of alkyl halides is 3. The monoisotopic (exact) mass is 335 g/mol. The quantitative estimate of drug-likeness (QED) is 0.910. The molecule has 1 atom stereocenters. The first kappa shape index (κ1) is 15.8. The van der Waals surface area contributed by atoms with Crippen LogP contribution in [0, 0.1) is 0 Å². The number of sulfone groups is 1. The molecular weight excluding hydrogens is 323 g/mol. The van der Waals surface area contributed by atoms with Crippen LogP contribution in [0.2, 0.25) is 0 Å². The van der Waals surface area contributed by atoms with Gasteiger partial charge in [0.05, 0.1) is 10.6 Å². The molecule has 0 radical (unpaired) electrons. The van der Waals surface area contributed by atoms with Crippen molar-refractivity contribution in [3.05, 3.63) is 46.7 Å². The molecular formula is C13H12F3NO2S2. The number of nitrogens with one attached hydrogen (secondary N) is 1. The Bertz CT molecular complexity index is 709. The number of para-hydroxylation sites is 1. The minimum atomic E-state index is -5.38. The number of rotatable bonds is 4. The van der Waals surface area contributed by atoms with Crippen molar-refractivity contribution in [2.24, 2.45) is 0 Å². The Labute approximate surface area is 124 Å². The first-order valence-electron chi connectivity index (χ1n) is 5.92. The zero-order valence-corrected chi connectivity index (χ0v) is 12.5. The Balaban J connectivity index is 2.39. The second-order valence-corrected chi connectivity index (χ2v) is 7.06. The van der Waals surface area contributed by atoms with Crippen molar-refractivity contribution < 1.29 is 21.6 Å². The Morgan fingerprint density at radius 3 is 2.43 bits per heavy atom. The van der Waals surface area contributed by atoms with Gasteiger partial charge in [0.1, 0.15) is 0 Å². The van der Waals surface area contributed by atoms with Crippen molar-refractivity contribution in [2.45, 2.75) is 23.4 Å². The van der Waals surface area contributed by atoms with E-state index in [0.29, 0.717) is 0 Å². The summed E-state index contributed by atoms with van der Waals surface area (Å²) in [7, 11) is -5.38. The van der Waals surface area contributed by atoms with Crippen molar-refractivity contribution in [3.8, 4) is 0 Å². The van der Waals surface area contributed by atoms with Gasteiger partial charge in [-0.2, -0.15) is 24.5 Å². The topological polar surface area (TPSA) is 46.2 Å². The maximum Gasteiger partial charge on any atom is 0.501 e. The van der Waals surface area contributed by atoms with Crippen LogP contribution in [0.15, 0.2) is 46.0 Å². The third kappa shape index (κ3) is 3.21. The summed E-state index contributed by atoms with van der Waals surface area (Å²) in [5.74, 6) is 0. The van der Waals surface area contributed by atoms with Gasteiger partial charge >= 0.3 is 5.51 Å². The number of benzene rings is 1. The Kier molecular flexibility index (Phi) is 4.29. The molecule has 0 spiro atoms. The summed E-state index contributed by atoms with van der Waals surface area (Å²) < 4.78 is 61.2. The predicted octanol–water partition coefficient (Wildman–Crippen LogP) is 4.21. The van der Waals surface area contributed by atoms with Crippen LogP contribution < -0.4 is 5.32 Å². The van der Waals surface area contributed by atoms with Crippen molar-refractivity contribution in [1.29, 1.82) is 0 Å². The fourth-order valence-electron chi connectivity index (χ4n) is 1.78. The van der Waals surface area contributed by atoms with E-state index in [1.165, 1.54) is 29.5 Å². The molecule has 0 bridgehead atoms. The van der Waals surface area contributed by atoms with Gasteiger partial charge in [0.2, 0.25) is 0 Å². The molecule has 8 heteroatoms. The van der Waals surface area contributed by atoms with Gasteiger partial charge in [0.15, 0.2) is 0 Å².